The van der Waals surface area contributed by atoms with Crippen LogP contribution in [0, 0.1) is 17.1 Å². The van der Waals surface area contributed by atoms with Gasteiger partial charge in [0.25, 0.3) is 5.91 Å². The summed E-state index contributed by atoms with van der Waals surface area (Å²) < 4.78 is 18.7. The molecule has 1 aromatic rings. The van der Waals surface area contributed by atoms with E-state index in [9.17, 15) is 9.18 Å². The van der Waals surface area contributed by atoms with Crippen molar-refractivity contribution in [1.29, 1.82) is 5.26 Å². The van der Waals surface area contributed by atoms with Crippen molar-refractivity contribution in [3.05, 3.63) is 29.6 Å². The first-order chi connectivity index (χ1) is 8.73. The molecular weight excluding hydrogens is 247 g/mol. The minimum Gasteiger partial charge on any atom is -0.481 e. The van der Waals surface area contributed by atoms with Crippen molar-refractivity contribution in [2.24, 2.45) is 0 Å². The van der Waals surface area contributed by atoms with Crippen molar-refractivity contribution in [3.63, 3.8) is 0 Å². The van der Waals surface area contributed by atoms with Gasteiger partial charge in [0.05, 0.1) is 5.56 Å². The third-order valence-corrected chi connectivity index (χ3v) is 2.24. The topological polar surface area (TPSA) is 62.1 Å². The average molecular weight is 264 g/mol. The Morgan fingerprint density at radius 1 is 1.47 bits per heavy atom. The van der Waals surface area contributed by atoms with Crippen LogP contribution in [0.4, 0.5) is 4.39 Å². The van der Waals surface area contributed by atoms with Gasteiger partial charge in [0.1, 0.15) is 17.6 Å². The fourth-order valence-corrected chi connectivity index (χ4v) is 1.39. The van der Waals surface area contributed by atoms with Crippen molar-refractivity contribution in [3.8, 4) is 11.8 Å². The number of amides is 1. The second-order valence-corrected chi connectivity index (χ2v) is 5.25. The van der Waals surface area contributed by atoms with E-state index in [2.05, 4.69) is 5.32 Å². The predicted octanol–water partition coefficient (Wildman–Crippen LogP) is 2.38. The third-order valence-electron chi connectivity index (χ3n) is 2.24. The SMILES string of the molecule is CC(Oc1ccc(C#N)c(F)c1)C(=O)NC(C)(C)C. The minimum absolute atomic E-state index is 0.0563. The molecule has 0 saturated carbocycles. The van der Waals surface area contributed by atoms with E-state index in [1.54, 1.807) is 13.0 Å². The highest BCUT2D eigenvalue weighted by Crippen LogP contribution is 2.17. The molecule has 0 aliphatic rings. The van der Waals surface area contributed by atoms with Crippen LogP contribution >= 0.6 is 0 Å². The highest BCUT2D eigenvalue weighted by molar-refractivity contribution is 5.81. The van der Waals surface area contributed by atoms with E-state index < -0.39 is 11.9 Å². The quantitative estimate of drug-likeness (QED) is 0.911. The molecule has 0 saturated heterocycles. The first kappa shape index (κ1) is 15.0. The molecule has 1 unspecified atom stereocenters. The number of nitriles is 1. The Bertz CT molecular complexity index is 515. The van der Waals surface area contributed by atoms with Gasteiger partial charge in [-0.25, -0.2) is 4.39 Å². The number of nitrogens with one attached hydrogen (secondary N) is 1. The summed E-state index contributed by atoms with van der Waals surface area (Å²) in [6.07, 6.45) is -0.744. The molecule has 1 rings (SSSR count). The van der Waals surface area contributed by atoms with E-state index >= 15 is 0 Å². The van der Waals surface area contributed by atoms with Crippen molar-refractivity contribution in [2.75, 3.05) is 0 Å². The summed E-state index contributed by atoms with van der Waals surface area (Å²) in [5.41, 5.74) is -0.413. The number of hydrogen-bond donors (Lipinski definition) is 1. The molecule has 1 amide bonds. The zero-order valence-corrected chi connectivity index (χ0v) is 11.5. The summed E-state index contributed by atoms with van der Waals surface area (Å²) >= 11 is 0. The van der Waals surface area contributed by atoms with Crippen molar-refractivity contribution < 1.29 is 13.9 Å². The summed E-state index contributed by atoms with van der Waals surface area (Å²) in [4.78, 5) is 11.8. The number of nitrogens with zero attached hydrogens (tertiary/aromatic N) is 1. The molecule has 1 aromatic carbocycles. The summed E-state index contributed by atoms with van der Waals surface area (Å²) in [5.74, 6) is -0.728. The van der Waals surface area contributed by atoms with Gasteiger partial charge in [-0.1, -0.05) is 0 Å². The van der Waals surface area contributed by atoms with Crippen molar-refractivity contribution >= 4 is 5.91 Å². The van der Waals surface area contributed by atoms with Crippen LogP contribution in [0.2, 0.25) is 0 Å². The second kappa shape index (κ2) is 5.70. The van der Waals surface area contributed by atoms with Crippen LogP contribution < -0.4 is 10.1 Å². The van der Waals surface area contributed by atoms with Gasteiger partial charge >= 0.3 is 0 Å². The molecule has 19 heavy (non-hydrogen) atoms. The van der Waals surface area contributed by atoms with Gasteiger partial charge in [0.2, 0.25) is 0 Å². The van der Waals surface area contributed by atoms with E-state index in [4.69, 9.17) is 10.00 Å². The Hall–Kier alpha value is -2.09. The second-order valence-electron chi connectivity index (χ2n) is 5.25. The van der Waals surface area contributed by atoms with E-state index in [1.165, 1.54) is 12.1 Å². The van der Waals surface area contributed by atoms with Gasteiger partial charge < -0.3 is 10.1 Å². The lowest BCUT2D eigenvalue weighted by Gasteiger charge is -2.23. The molecule has 1 atom stereocenters. The van der Waals surface area contributed by atoms with Gasteiger partial charge in [-0.3, -0.25) is 4.79 Å². The van der Waals surface area contributed by atoms with E-state index in [-0.39, 0.29) is 22.8 Å². The summed E-state index contributed by atoms with van der Waals surface area (Å²) in [7, 11) is 0. The zero-order chi connectivity index (χ0) is 14.6. The molecule has 0 bridgehead atoms. The number of hydrogen-bond acceptors (Lipinski definition) is 3. The number of ether oxygens (including phenoxy) is 1. The lowest BCUT2D eigenvalue weighted by atomic mass is 10.1. The Morgan fingerprint density at radius 2 is 2.11 bits per heavy atom. The Kier molecular flexibility index (Phi) is 4.49. The number of carbonyl (C=O) groups excluding carboxylic acids is 1. The van der Waals surface area contributed by atoms with Gasteiger partial charge in [0.15, 0.2) is 6.10 Å². The van der Waals surface area contributed by atoms with Crippen LogP contribution in [0.3, 0.4) is 0 Å². The predicted molar refractivity (Wildman–Crippen MR) is 69.1 cm³/mol. The molecule has 0 aliphatic heterocycles. The Morgan fingerprint density at radius 3 is 2.58 bits per heavy atom. The molecule has 0 aliphatic carbocycles. The highest BCUT2D eigenvalue weighted by Gasteiger charge is 2.20. The smallest absolute Gasteiger partial charge is 0.261 e. The molecule has 1 N–H and O–H groups in total. The van der Waals surface area contributed by atoms with E-state index in [0.717, 1.165) is 6.07 Å². The normalized spacial score (nSPS) is 12.4. The number of benzene rings is 1. The van der Waals surface area contributed by atoms with Crippen LogP contribution in [-0.4, -0.2) is 17.6 Å². The van der Waals surface area contributed by atoms with Crippen LogP contribution in [0.1, 0.15) is 33.3 Å². The van der Waals surface area contributed by atoms with Crippen LogP contribution in [0.15, 0.2) is 18.2 Å². The van der Waals surface area contributed by atoms with Gasteiger partial charge in [0, 0.05) is 11.6 Å². The van der Waals surface area contributed by atoms with Crippen molar-refractivity contribution in [1.82, 2.24) is 5.32 Å². The van der Waals surface area contributed by atoms with Crippen LogP contribution in [-0.2, 0) is 4.79 Å². The summed E-state index contributed by atoms with van der Waals surface area (Å²) in [6.45, 7) is 7.16. The maximum Gasteiger partial charge on any atom is 0.261 e. The fraction of sp³-hybridized carbons (Fsp3) is 0.429. The monoisotopic (exact) mass is 264 g/mol. The molecular formula is C14H17FN2O2. The molecule has 4 nitrogen and oxygen atoms in total. The van der Waals surface area contributed by atoms with E-state index in [0.29, 0.717) is 0 Å². The highest BCUT2D eigenvalue weighted by atomic mass is 19.1. The molecule has 0 heterocycles. The standard InChI is InChI=1S/C14H17FN2O2/c1-9(13(18)17-14(2,3)4)19-11-6-5-10(8-16)12(15)7-11/h5-7,9H,1-4H3,(H,17,18). The first-order valence-electron chi connectivity index (χ1n) is 5.91. The summed E-state index contributed by atoms with van der Waals surface area (Å²) in [6, 6.07) is 5.60. The minimum atomic E-state index is -0.744. The van der Waals surface area contributed by atoms with Crippen LogP contribution in [0.5, 0.6) is 5.75 Å². The zero-order valence-electron chi connectivity index (χ0n) is 11.5. The lowest BCUT2D eigenvalue weighted by molar-refractivity contribution is -0.128. The Labute approximate surface area is 112 Å². The van der Waals surface area contributed by atoms with Gasteiger partial charge in [-0.2, -0.15) is 5.26 Å². The summed E-state index contributed by atoms with van der Waals surface area (Å²) in [5, 5.41) is 11.4. The number of carbonyl (C=O) groups is 1. The number of halogens is 1. The van der Waals surface area contributed by atoms with Gasteiger partial charge in [-0.05, 0) is 39.8 Å². The average Bonchev–Trinajstić information content (AvgIpc) is 2.27. The van der Waals surface area contributed by atoms with Gasteiger partial charge in [-0.15, -0.1) is 0 Å². The lowest BCUT2D eigenvalue weighted by Crippen LogP contribution is -2.46. The molecule has 102 valence electrons. The largest absolute Gasteiger partial charge is 0.481 e. The molecule has 0 radical (unpaired) electrons. The molecule has 0 aromatic heterocycles. The fourth-order valence-electron chi connectivity index (χ4n) is 1.39. The molecule has 0 spiro atoms. The van der Waals surface area contributed by atoms with Crippen LogP contribution in [0.25, 0.3) is 0 Å². The van der Waals surface area contributed by atoms with E-state index in [1.807, 2.05) is 20.8 Å². The molecule has 0 fully saturated rings. The first-order valence-corrected chi connectivity index (χ1v) is 5.91. The Balaban J connectivity index is 2.72. The third kappa shape index (κ3) is 4.59. The number of rotatable bonds is 3. The maximum atomic E-state index is 13.4. The van der Waals surface area contributed by atoms with Crippen molar-refractivity contribution in [2.45, 2.75) is 39.3 Å². The molecule has 5 heteroatoms. The maximum absolute atomic E-state index is 13.4.